The van der Waals surface area contributed by atoms with E-state index < -0.39 is 0 Å². The summed E-state index contributed by atoms with van der Waals surface area (Å²) >= 11 is 2.10. The molecule has 1 heterocycles. The summed E-state index contributed by atoms with van der Waals surface area (Å²) in [5.41, 5.74) is 2.64. The van der Waals surface area contributed by atoms with Crippen LogP contribution in [0.25, 0.3) is 0 Å². The van der Waals surface area contributed by atoms with E-state index in [9.17, 15) is 0 Å². The second-order valence-electron chi connectivity index (χ2n) is 5.27. The van der Waals surface area contributed by atoms with Gasteiger partial charge in [-0.15, -0.1) is 0 Å². The van der Waals surface area contributed by atoms with Gasteiger partial charge in [0.15, 0.2) is 0 Å². The summed E-state index contributed by atoms with van der Waals surface area (Å²) in [6.07, 6.45) is 2.68. The molecule has 18 heavy (non-hydrogen) atoms. The second kappa shape index (κ2) is 6.48. The van der Waals surface area contributed by atoms with Gasteiger partial charge in [0.05, 0.1) is 0 Å². The average molecular weight is 264 g/mol. The van der Waals surface area contributed by atoms with E-state index in [1.54, 1.807) is 0 Å². The molecule has 1 aliphatic heterocycles. The lowest BCUT2D eigenvalue weighted by atomic mass is 10.1. The quantitative estimate of drug-likeness (QED) is 0.899. The molecule has 0 aromatic heterocycles. The summed E-state index contributed by atoms with van der Waals surface area (Å²) in [4.78, 5) is 2.14. The molecule has 2 nitrogen and oxygen atoms in total. The first-order chi connectivity index (χ1) is 8.66. The molecule has 1 aromatic carbocycles. The monoisotopic (exact) mass is 264 g/mol. The maximum atomic E-state index is 3.70. The van der Waals surface area contributed by atoms with Gasteiger partial charge in [0.1, 0.15) is 0 Å². The number of anilines is 1. The molecule has 1 fully saturated rings. The number of nitrogens with one attached hydrogen (secondary N) is 1. The number of hydrogen-bond acceptors (Lipinski definition) is 3. The fourth-order valence-corrected chi connectivity index (χ4v) is 3.52. The van der Waals surface area contributed by atoms with E-state index in [1.165, 1.54) is 29.8 Å². The predicted octanol–water partition coefficient (Wildman–Crippen LogP) is 3.13. The van der Waals surface area contributed by atoms with Gasteiger partial charge in [-0.05, 0) is 36.3 Å². The van der Waals surface area contributed by atoms with Crippen molar-refractivity contribution in [1.82, 2.24) is 5.32 Å². The molecular formula is C15H24N2S. The third-order valence-electron chi connectivity index (χ3n) is 3.63. The number of thioether (sulfide) groups is 1. The molecule has 0 spiro atoms. The first kappa shape index (κ1) is 13.8. The molecule has 3 heteroatoms. The van der Waals surface area contributed by atoms with Crippen molar-refractivity contribution in [3.63, 3.8) is 0 Å². The maximum absolute atomic E-state index is 3.70. The molecule has 2 rings (SSSR count). The first-order valence-electron chi connectivity index (χ1n) is 6.78. The van der Waals surface area contributed by atoms with Crippen LogP contribution in [-0.4, -0.2) is 31.1 Å². The summed E-state index contributed by atoms with van der Waals surface area (Å²) in [5.74, 6) is 1.33. The summed E-state index contributed by atoms with van der Waals surface area (Å²) in [6, 6.07) is 9.51. The molecule has 0 aliphatic carbocycles. The summed E-state index contributed by atoms with van der Waals surface area (Å²) in [5, 5.41) is 4.45. The van der Waals surface area contributed by atoms with Crippen LogP contribution in [0.1, 0.15) is 25.3 Å². The van der Waals surface area contributed by atoms with E-state index in [4.69, 9.17) is 0 Å². The number of benzene rings is 1. The van der Waals surface area contributed by atoms with Gasteiger partial charge in [-0.25, -0.2) is 0 Å². The summed E-state index contributed by atoms with van der Waals surface area (Å²) in [7, 11) is 4.16. The topological polar surface area (TPSA) is 15.3 Å². The van der Waals surface area contributed by atoms with Crippen LogP contribution in [-0.2, 0) is 6.54 Å². The highest BCUT2D eigenvalue weighted by molar-refractivity contribution is 7.99. The Morgan fingerprint density at radius 1 is 1.28 bits per heavy atom. The van der Waals surface area contributed by atoms with Crippen LogP contribution in [0.3, 0.4) is 0 Å². The zero-order valence-electron chi connectivity index (χ0n) is 11.6. The maximum Gasteiger partial charge on any atom is 0.0361 e. The lowest BCUT2D eigenvalue weighted by Crippen LogP contribution is -2.38. The van der Waals surface area contributed by atoms with E-state index in [0.717, 1.165) is 11.8 Å². The molecule has 2 unspecified atom stereocenters. The minimum Gasteiger partial charge on any atom is -0.378 e. The van der Waals surface area contributed by atoms with E-state index in [-0.39, 0.29) is 0 Å². The van der Waals surface area contributed by atoms with Gasteiger partial charge in [0.2, 0.25) is 0 Å². The lowest BCUT2D eigenvalue weighted by Gasteiger charge is -2.29. The fourth-order valence-electron chi connectivity index (χ4n) is 2.35. The van der Waals surface area contributed by atoms with Gasteiger partial charge in [-0.1, -0.05) is 19.1 Å². The van der Waals surface area contributed by atoms with Crippen molar-refractivity contribution in [2.24, 2.45) is 0 Å². The normalized spacial score (nSPS) is 23.9. The minimum absolute atomic E-state index is 0.678. The van der Waals surface area contributed by atoms with Crippen LogP contribution in [0.5, 0.6) is 0 Å². The van der Waals surface area contributed by atoms with Crippen molar-refractivity contribution in [2.75, 3.05) is 24.7 Å². The number of nitrogens with zero attached hydrogens (tertiary/aromatic N) is 1. The van der Waals surface area contributed by atoms with E-state index >= 15 is 0 Å². The van der Waals surface area contributed by atoms with Crippen LogP contribution in [0.2, 0.25) is 0 Å². The largest absolute Gasteiger partial charge is 0.378 e. The van der Waals surface area contributed by atoms with Gasteiger partial charge in [0.25, 0.3) is 0 Å². The Balaban J connectivity index is 1.85. The predicted molar refractivity (Wildman–Crippen MR) is 82.6 cm³/mol. The zero-order valence-corrected chi connectivity index (χ0v) is 12.5. The van der Waals surface area contributed by atoms with Gasteiger partial charge < -0.3 is 10.2 Å². The molecule has 100 valence electrons. The molecule has 1 aliphatic rings. The highest BCUT2D eigenvalue weighted by Crippen LogP contribution is 2.25. The van der Waals surface area contributed by atoms with Gasteiger partial charge in [-0.3, -0.25) is 0 Å². The van der Waals surface area contributed by atoms with Gasteiger partial charge in [0, 0.05) is 37.6 Å². The fraction of sp³-hybridized carbons (Fsp3) is 0.600. The van der Waals surface area contributed by atoms with E-state index in [1.807, 2.05) is 0 Å². The number of rotatable bonds is 4. The molecule has 1 saturated heterocycles. The first-order valence-corrected chi connectivity index (χ1v) is 7.83. The Hall–Kier alpha value is -0.670. The highest BCUT2D eigenvalue weighted by Gasteiger charge is 2.20. The van der Waals surface area contributed by atoms with Crippen molar-refractivity contribution < 1.29 is 0 Å². The molecule has 0 radical (unpaired) electrons. The second-order valence-corrected chi connectivity index (χ2v) is 6.75. The van der Waals surface area contributed by atoms with Crippen LogP contribution in [0.15, 0.2) is 24.3 Å². The Morgan fingerprint density at radius 3 is 2.61 bits per heavy atom. The van der Waals surface area contributed by atoms with Crippen LogP contribution < -0.4 is 10.2 Å². The number of hydrogen-bond donors (Lipinski definition) is 1. The molecule has 1 aromatic rings. The average Bonchev–Trinajstić information content (AvgIpc) is 2.38. The Kier molecular flexibility index (Phi) is 4.95. The molecule has 0 bridgehead atoms. The van der Waals surface area contributed by atoms with Gasteiger partial charge >= 0.3 is 0 Å². The Morgan fingerprint density at radius 2 is 2.00 bits per heavy atom. The Labute approximate surface area is 115 Å². The standard InChI is InChI=1S/C15H24N2S/c1-12-15(5-4-10-18-12)16-11-13-6-8-14(9-7-13)17(2)3/h6-9,12,15-16H,4-5,10-11H2,1-3H3. The van der Waals surface area contributed by atoms with Crippen molar-refractivity contribution in [2.45, 2.75) is 37.6 Å². The third kappa shape index (κ3) is 3.66. The van der Waals surface area contributed by atoms with E-state index in [2.05, 4.69) is 67.3 Å². The smallest absolute Gasteiger partial charge is 0.0361 e. The highest BCUT2D eigenvalue weighted by atomic mass is 32.2. The summed E-state index contributed by atoms with van der Waals surface area (Å²) in [6.45, 7) is 3.33. The van der Waals surface area contributed by atoms with Crippen molar-refractivity contribution in [3.05, 3.63) is 29.8 Å². The van der Waals surface area contributed by atoms with E-state index in [0.29, 0.717) is 6.04 Å². The molecule has 2 atom stereocenters. The molecular weight excluding hydrogens is 240 g/mol. The van der Waals surface area contributed by atoms with Crippen molar-refractivity contribution in [3.8, 4) is 0 Å². The van der Waals surface area contributed by atoms with Crippen LogP contribution in [0.4, 0.5) is 5.69 Å². The minimum atomic E-state index is 0.678. The van der Waals surface area contributed by atoms with Crippen molar-refractivity contribution >= 4 is 17.4 Å². The summed E-state index contributed by atoms with van der Waals surface area (Å²) < 4.78 is 0. The molecule has 1 N–H and O–H groups in total. The third-order valence-corrected chi connectivity index (χ3v) is 5.01. The van der Waals surface area contributed by atoms with Gasteiger partial charge in [-0.2, -0.15) is 11.8 Å². The molecule has 0 saturated carbocycles. The van der Waals surface area contributed by atoms with Crippen LogP contribution >= 0.6 is 11.8 Å². The lowest BCUT2D eigenvalue weighted by molar-refractivity contribution is 0.462. The molecule has 0 amide bonds. The van der Waals surface area contributed by atoms with Crippen molar-refractivity contribution in [1.29, 1.82) is 0 Å². The SMILES string of the molecule is CC1SCCCC1NCc1ccc(N(C)C)cc1. The zero-order chi connectivity index (χ0) is 13.0. The Bertz CT molecular complexity index is 361. The van der Waals surface area contributed by atoms with Crippen LogP contribution in [0, 0.1) is 0 Å².